The van der Waals surface area contributed by atoms with Crippen LogP contribution in [0.1, 0.15) is 37.7 Å². The normalized spacial score (nSPS) is 20.8. The van der Waals surface area contributed by atoms with Crippen LogP contribution in [0.3, 0.4) is 0 Å². The molecule has 1 saturated heterocycles. The zero-order valence-electron chi connectivity index (χ0n) is 14.2. The minimum absolute atomic E-state index is 0.0601. The zero-order valence-corrected chi connectivity index (χ0v) is 14.2. The molecule has 24 heavy (non-hydrogen) atoms. The van der Waals surface area contributed by atoms with Crippen LogP contribution in [-0.4, -0.2) is 36.3 Å². The van der Waals surface area contributed by atoms with Gasteiger partial charge in [0.05, 0.1) is 0 Å². The number of amides is 2. The van der Waals surface area contributed by atoms with E-state index in [9.17, 15) is 9.59 Å². The third-order valence-corrected chi connectivity index (χ3v) is 4.94. The predicted molar refractivity (Wildman–Crippen MR) is 94.4 cm³/mol. The van der Waals surface area contributed by atoms with Gasteiger partial charge in [-0.25, -0.2) is 0 Å². The number of allylic oxidation sites excluding steroid dienone is 1. The Labute approximate surface area is 143 Å². The maximum atomic E-state index is 12.2. The lowest BCUT2D eigenvalue weighted by atomic mass is 9.99. The molecular weight excluding hydrogens is 300 g/mol. The first-order valence-electron chi connectivity index (χ1n) is 9.01. The van der Waals surface area contributed by atoms with Gasteiger partial charge in [-0.1, -0.05) is 36.4 Å². The van der Waals surface area contributed by atoms with E-state index in [-0.39, 0.29) is 17.7 Å². The van der Waals surface area contributed by atoms with Gasteiger partial charge in [-0.15, -0.1) is 0 Å². The summed E-state index contributed by atoms with van der Waals surface area (Å²) >= 11 is 0. The van der Waals surface area contributed by atoms with Crippen LogP contribution in [0.15, 0.2) is 42.0 Å². The smallest absolute Gasteiger partial charge is 0.246 e. The van der Waals surface area contributed by atoms with Crippen molar-refractivity contribution >= 4 is 11.8 Å². The fourth-order valence-electron chi connectivity index (χ4n) is 3.51. The minimum Gasteiger partial charge on any atom is -0.352 e. The molecule has 0 spiro atoms. The Bertz CT molecular complexity index is 609. The summed E-state index contributed by atoms with van der Waals surface area (Å²) in [6.07, 6.45) is 7.69. The number of rotatable bonds is 6. The fraction of sp³-hybridized carbons (Fsp3) is 0.500. The summed E-state index contributed by atoms with van der Waals surface area (Å²) in [7, 11) is 0. The molecule has 2 aliphatic rings. The summed E-state index contributed by atoms with van der Waals surface area (Å²) in [5, 5.41) is 3.02. The van der Waals surface area contributed by atoms with Crippen molar-refractivity contribution < 1.29 is 9.59 Å². The van der Waals surface area contributed by atoms with Crippen molar-refractivity contribution in [2.75, 3.05) is 19.6 Å². The molecule has 0 aromatic heterocycles. The average molecular weight is 326 g/mol. The number of likely N-dealkylation sites (tertiary alicyclic amines) is 1. The molecule has 0 bridgehead atoms. The molecule has 1 heterocycles. The first-order valence-corrected chi connectivity index (χ1v) is 9.01. The van der Waals surface area contributed by atoms with E-state index in [4.69, 9.17) is 0 Å². The fourth-order valence-corrected chi connectivity index (χ4v) is 3.51. The van der Waals surface area contributed by atoms with E-state index in [0.717, 1.165) is 44.3 Å². The monoisotopic (exact) mass is 326 g/mol. The molecule has 1 aliphatic carbocycles. The van der Waals surface area contributed by atoms with Gasteiger partial charge in [0.2, 0.25) is 11.8 Å². The summed E-state index contributed by atoms with van der Waals surface area (Å²) in [6, 6.07) is 10.2. The lowest BCUT2D eigenvalue weighted by Crippen LogP contribution is -2.33. The van der Waals surface area contributed by atoms with Crippen molar-refractivity contribution in [3.8, 4) is 0 Å². The first kappa shape index (κ1) is 16.7. The van der Waals surface area contributed by atoms with Gasteiger partial charge in [-0.05, 0) is 37.7 Å². The molecule has 0 unspecified atom stereocenters. The molecule has 128 valence electrons. The number of benzene rings is 1. The molecule has 1 atom stereocenters. The van der Waals surface area contributed by atoms with Crippen LogP contribution in [-0.2, 0) is 16.0 Å². The molecule has 0 saturated carbocycles. The Kier molecular flexibility index (Phi) is 5.68. The average Bonchev–Trinajstić information content (AvgIpc) is 2.99. The van der Waals surface area contributed by atoms with Gasteiger partial charge in [0.15, 0.2) is 0 Å². The number of hydrogen-bond acceptors (Lipinski definition) is 2. The Morgan fingerprint density at radius 3 is 2.79 bits per heavy atom. The van der Waals surface area contributed by atoms with E-state index >= 15 is 0 Å². The van der Waals surface area contributed by atoms with Gasteiger partial charge >= 0.3 is 0 Å². The van der Waals surface area contributed by atoms with E-state index in [1.165, 1.54) is 12.0 Å². The second-order valence-corrected chi connectivity index (χ2v) is 6.83. The molecular formula is C20H26N2O2. The highest BCUT2D eigenvalue weighted by atomic mass is 16.2. The Balaban J connectivity index is 1.43. The lowest BCUT2D eigenvalue weighted by Gasteiger charge is -2.17. The summed E-state index contributed by atoms with van der Waals surface area (Å²) < 4.78 is 0. The van der Waals surface area contributed by atoms with Crippen molar-refractivity contribution in [2.45, 2.75) is 38.5 Å². The van der Waals surface area contributed by atoms with Crippen LogP contribution < -0.4 is 5.32 Å². The second kappa shape index (κ2) is 8.13. The quantitative estimate of drug-likeness (QED) is 0.874. The Morgan fingerprint density at radius 2 is 2.04 bits per heavy atom. The van der Waals surface area contributed by atoms with Crippen LogP contribution in [0.2, 0.25) is 0 Å². The predicted octanol–water partition coefficient (Wildman–Crippen LogP) is 2.69. The lowest BCUT2D eigenvalue weighted by molar-refractivity contribution is -0.127. The molecule has 1 aliphatic heterocycles. The Hall–Kier alpha value is -2.10. The first-order chi connectivity index (χ1) is 11.7. The number of nitrogens with one attached hydrogen (secondary N) is 1. The van der Waals surface area contributed by atoms with E-state index in [1.807, 2.05) is 23.1 Å². The van der Waals surface area contributed by atoms with Crippen LogP contribution in [0.5, 0.6) is 0 Å². The van der Waals surface area contributed by atoms with Crippen LogP contribution >= 0.6 is 0 Å². The third kappa shape index (κ3) is 4.47. The minimum atomic E-state index is 0.0601. The molecule has 1 aromatic carbocycles. The number of nitrogens with zero attached hydrogens (tertiary/aromatic N) is 1. The second-order valence-electron chi connectivity index (χ2n) is 6.83. The van der Waals surface area contributed by atoms with Gasteiger partial charge in [-0.3, -0.25) is 9.59 Å². The van der Waals surface area contributed by atoms with Gasteiger partial charge < -0.3 is 10.2 Å². The zero-order chi connectivity index (χ0) is 16.8. The highest BCUT2D eigenvalue weighted by Crippen LogP contribution is 2.19. The molecule has 1 aromatic rings. The summed E-state index contributed by atoms with van der Waals surface area (Å²) in [5.74, 6) is 0.508. The standard InChI is InChI=1S/C20H26N2O2/c23-19-13-17(14-21-20(24)18-9-5-2-6-10-18)15-22(19)12-11-16-7-3-1-4-8-16/h1,3-4,7-9,17H,2,5-6,10-15H2,(H,21,24)/t17-/m1/s1. The van der Waals surface area contributed by atoms with Crippen molar-refractivity contribution in [3.63, 3.8) is 0 Å². The molecule has 1 N–H and O–H groups in total. The maximum Gasteiger partial charge on any atom is 0.246 e. The van der Waals surface area contributed by atoms with Crippen LogP contribution in [0.4, 0.5) is 0 Å². The van der Waals surface area contributed by atoms with Crippen molar-refractivity contribution in [2.24, 2.45) is 5.92 Å². The van der Waals surface area contributed by atoms with Crippen molar-refractivity contribution in [1.29, 1.82) is 0 Å². The number of hydrogen-bond donors (Lipinski definition) is 1. The van der Waals surface area contributed by atoms with E-state index in [2.05, 4.69) is 23.5 Å². The highest BCUT2D eigenvalue weighted by Gasteiger charge is 2.29. The number of carbonyl (C=O) groups is 2. The topological polar surface area (TPSA) is 49.4 Å². The van der Waals surface area contributed by atoms with E-state index in [1.54, 1.807) is 0 Å². The van der Waals surface area contributed by atoms with Crippen molar-refractivity contribution in [1.82, 2.24) is 10.2 Å². The molecule has 4 nitrogen and oxygen atoms in total. The van der Waals surface area contributed by atoms with Crippen LogP contribution in [0, 0.1) is 5.92 Å². The van der Waals surface area contributed by atoms with Gasteiger partial charge in [0.1, 0.15) is 0 Å². The van der Waals surface area contributed by atoms with Gasteiger partial charge in [0, 0.05) is 37.5 Å². The summed E-state index contributed by atoms with van der Waals surface area (Å²) in [4.78, 5) is 26.2. The Morgan fingerprint density at radius 1 is 1.21 bits per heavy atom. The molecule has 0 radical (unpaired) electrons. The number of carbonyl (C=O) groups excluding carboxylic acids is 2. The van der Waals surface area contributed by atoms with Crippen molar-refractivity contribution in [3.05, 3.63) is 47.5 Å². The summed E-state index contributed by atoms with van der Waals surface area (Å²) in [6.45, 7) is 2.12. The maximum absolute atomic E-state index is 12.2. The van der Waals surface area contributed by atoms with E-state index < -0.39 is 0 Å². The molecule has 3 rings (SSSR count). The molecule has 1 fully saturated rings. The summed E-state index contributed by atoms with van der Waals surface area (Å²) in [5.41, 5.74) is 2.18. The van der Waals surface area contributed by atoms with Gasteiger partial charge in [0.25, 0.3) is 0 Å². The van der Waals surface area contributed by atoms with Gasteiger partial charge in [-0.2, -0.15) is 0 Å². The SMILES string of the molecule is O=C(NC[C@H]1CC(=O)N(CCc2ccccc2)C1)C1=CCCCC1. The molecule has 4 heteroatoms. The third-order valence-electron chi connectivity index (χ3n) is 4.94. The van der Waals surface area contributed by atoms with E-state index in [0.29, 0.717) is 13.0 Å². The highest BCUT2D eigenvalue weighted by molar-refractivity contribution is 5.93. The largest absolute Gasteiger partial charge is 0.352 e. The van der Waals surface area contributed by atoms with Crippen LogP contribution in [0.25, 0.3) is 0 Å². The molecule has 2 amide bonds.